The number of nitrogen functional groups attached to an aromatic ring is 1. The number of tetrazole rings is 1. The Kier molecular flexibility index (Phi) is 4.08. The minimum absolute atomic E-state index is 0.652. The van der Waals surface area contributed by atoms with Crippen molar-refractivity contribution in [2.45, 2.75) is 10.9 Å². The molecule has 1 heterocycles. The molecule has 106 valence electrons. The number of hydrogen-bond donors (Lipinski definition) is 1. The summed E-state index contributed by atoms with van der Waals surface area (Å²) in [7, 11) is 0. The second kappa shape index (κ2) is 6.15. The summed E-state index contributed by atoms with van der Waals surface area (Å²) in [4.78, 5) is 0. The number of nitrogens with zero attached hydrogens (tertiary/aromatic N) is 4. The first-order valence-corrected chi connectivity index (χ1v) is 7.61. The van der Waals surface area contributed by atoms with Crippen LogP contribution in [0.15, 0.2) is 53.7 Å². The lowest BCUT2D eigenvalue weighted by molar-refractivity contribution is 0.756. The molecule has 7 heteroatoms. The fourth-order valence-corrected chi connectivity index (χ4v) is 2.93. The second-order valence-corrected chi connectivity index (χ2v) is 5.72. The molecule has 0 saturated heterocycles. The summed E-state index contributed by atoms with van der Waals surface area (Å²) in [6.07, 6.45) is 0. The standard InChI is InChI=1S/C14H12ClN5S/c15-11-6-7-13(16)10(8-11)9-21-14-17-18-19-20(14)12-4-2-1-3-5-12/h1-8H,9,16H2. The Morgan fingerprint density at radius 2 is 1.95 bits per heavy atom. The minimum atomic E-state index is 0.652. The van der Waals surface area contributed by atoms with E-state index in [1.54, 1.807) is 16.8 Å². The topological polar surface area (TPSA) is 69.6 Å². The van der Waals surface area contributed by atoms with Crippen LogP contribution in [-0.4, -0.2) is 20.2 Å². The zero-order chi connectivity index (χ0) is 14.7. The minimum Gasteiger partial charge on any atom is -0.398 e. The molecule has 0 aliphatic rings. The van der Waals surface area contributed by atoms with Crippen molar-refractivity contribution >= 4 is 29.1 Å². The molecular formula is C14H12ClN5S. The van der Waals surface area contributed by atoms with Gasteiger partial charge in [0.15, 0.2) is 0 Å². The molecular weight excluding hydrogens is 306 g/mol. The van der Waals surface area contributed by atoms with Gasteiger partial charge in [0.2, 0.25) is 5.16 Å². The third-order valence-electron chi connectivity index (χ3n) is 2.90. The molecule has 1 aromatic heterocycles. The Balaban J connectivity index is 1.81. The van der Waals surface area contributed by atoms with Gasteiger partial charge in [-0.1, -0.05) is 41.6 Å². The van der Waals surface area contributed by atoms with Crippen LogP contribution in [0.5, 0.6) is 0 Å². The van der Waals surface area contributed by atoms with Gasteiger partial charge in [-0.3, -0.25) is 0 Å². The highest BCUT2D eigenvalue weighted by Crippen LogP contribution is 2.27. The highest BCUT2D eigenvalue weighted by Gasteiger charge is 2.10. The van der Waals surface area contributed by atoms with Crippen LogP contribution in [0, 0.1) is 0 Å². The normalized spacial score (nSPS) is 10.7. The first-order valence-electron chi connectivity index (χ1n) is 6.24. The van der Waals surface area contributed by atoms with Crippen molar-refractivity contribution < 1.29 is 0 Å². The second-order valence-electron chi connectivity index (χ2n) is 4.34. The van der Waals surface area contributed by atoms with Crippen molar-refractivity contribution in [3.63, 3.8) is 0 Å². The monoisotopic (exact) mass is 317 g/mol. The van der Waals surface area contributed by atoms with Crippen LogP contribution in [0.25, 0.3) is 5.69 Å². The van der Waals surface area contributed by atoms with Gasteiger partial charge in [0.1, 0.15) is 0 Å². The zero-order valence-corrected chi connectivity index (χ0v) is 12.6. The first-order chi connectivity index (χ1) is 10.2. The summed E-state index contributed by atoms with van der Waals surface area (Å²) in [6, 6.07) is 15.2. The predicted octanol–water partition coefficient (Wildman–Crippen LogP) is 3.19. The van der Waals surface area contributed by atoms with Crippen LogP contribution in [0.2, 0.25) is 5.02 Å². The summed E-state index contributed by atoms with van der Waals surface area (Å²) >= 11 is 7.51. The fraction of sp³-hybridized carbons (Fsp3) is 0.0714. The quantitative estimate of drug-likeness (QED) is 0.591. The Labute approximate surface area is 131 Å². The van der Waals surface area contributed by atoms with Gasteiger partial charge in [0.25, 0.3) is 0 Å². The molecule has 0 spiro atoms. The van der Waals surface area contributed by atoms with Gasteiger partial charge in [-0.2, -0.15) is 4.68 Å². The number of thioether (sulfide) groups is 1. The van der Waals surface area contributed by atoms with Crippen LogP contribution in [0.3, 0.4) is 0 Å². The van der Waals surface area contributed by atoms with Gasteiger partial charge in [0.05, 0.1) is 5.69 Å². The molecule has 0 atom stereocenters. The van der Waals surface area contributed by atoms with E-state index in [-0.39, 0.29) is 0 Å². The third-order valence-corrected chi connectivity index (χ3v) is 4.11. The summed E-state index contributed by atoms with van der Waals surface area (Å²) in [5, 5.41) is 13.2. The van der Waals surface area contributed by atoms with Crippen molar-refractivity contribution in [3.05, 3.63) is 59.1 Å². The Morgan fingerprint density at radius 1 is 1.14 bits per heavy atom. The number of halogens is 1. The lowest BCUT2D eigenvalue weighted by Crippen LogP contribution is -1.99. The lowest BCUT2D eigenvalue weighted by atomic mass is 10.2. The molecule has 3 aromatic rings. The summed E-state index contributed by atoms with van der Waals surface area (Å²) in [5.74, 6) is 0.652. The summed E-state index contributed by atoms with van der Waals surface area (Å²) in [5.41, 5.74) is 8.55. The van der Waals surface area contributed by atoms with E-state index < -0.39 is 0 Å². The van der Waals surface area contributed by atoms with Crippen molar-refractivity contribution in [2.75, 3.05) is 5.73 Å². The molecule has 0 aliphatic carbocycles. The smallest absolute Gasteiger partial charge is 0.214 e. The van der Waals surface area contributed by atoms with E-state index in [1.807, 2.05) is 36.4 Å². The van der Waals surface area contributed by atoms with E-state index in [9.17, 15) is 0 Å². The van der Waals surface area contributed by atoms with Gasteiger partial charge in [0, 0.05) is 16.5 Å². The molecule has 0 bridgehead atoms. The molecule has 0 amide bonds. The van der Waals surface area contributed by atoms with E-state index in [0.29, 0.717) is 21.6 Å². The van der Waals surface area contributed by atoms with E-state index in [4.69, 9.17) is 17.3 Å². The number of anilines is 1. The lowest BCUT2D eigenvalue weighted by Gasteiger charge is -2.06. The van der Waals surface area contributed by atoms with Crippen molar-refractivity contribution in [1.29, 1.82) is 0 Å². The molecule has 2 N–H and O–H groups in total. The first kappa shape index (κ1) is 13.9. The molecule has 2 aromatic carbocycles. The van der Waals surface area contributed by atoms with E-state index in [0.717, 1.165) is 11.3 Å². The number of benzene rings is 2. The van der Waals surface area contributed by atoms with Crippen LogP contribution >= 0.6 is 23.4 Å². The number of nitrogens with two attached hydrogens (primary N) is 1. The van der Waals surface area contributed by atoms with Gasteiger partial charge >= 0.3 is 0 Å². The van der Waals surface area contributed by atoms with Gasteiger partial charge in [-0.25, -0.2) is 0 Å². The molecule has 3 rings (SSSR count). The Bertz CT molecular complexity index is 744. The molecule has 5 nitrogen and oxygen atoms in total. The number of aromatic nitrogens is 4. The molecule has 0 aliphatic heterocycles. The van der Waals surface area contributed by atoms with Crippen LogP contribution < -0.4 is 5.73 Å². The molecule has 0 radical (unpaired) electrons. The van der Waals surface area contributed by atoms with Gasteiger partial charge in [-0.15, -0.1) is 5.10 Å². The number of hydrogen-bond acceptors (Lipinski definition) is 5. The van der Waals surface area contributed by atoms with Crippen LogP contribution in [-0.2, 0) is 5.75 Å². The van der Waals surface area contributed by atoms with Crippen molar-refractivity contribution in [1.82, 2.24) is 20.2 Å². The zero-order valence-electron chi connectivity index (χ0n) is 11.0. The highest BCUT2D eigenvalue weighted by molar-refractivity contribution is 7.98. The third kappa shape index (κ3) is 3.17. The van der Waals surface area contributed by atoms with Crippen LogP contribution in [0.4, 0.5) is 5.69 Å². The SMILES string of the molecule is Nc1ccc(Cl)cc1CSc1nnnn1-c1ccccc1. The number of rotatable bonds is 4. The molecule has 0 unspecified atom stereocenters. The predicted molar refractivity (Wildman–Crippen MR) is 84.6 cm³/mol. The van der Waals surface area contributed by atoms with Crippen molar-refractivity contribution in [3.8, 4) is 5.69 Å². The van der Waals surface area contributed by atoms with E-state index in [2.05, 4.69) is 15.5 Å². The fourth-order valence-electron chi connectivity index (χ4n) is 1.84. The van der Waals surface area contributed by atoms with E-state index in [1.165, 1.54) is 11.8 Å². The Morgan fingerprint density at radius 3 is 2.76 bits per heavy atom. The largest absolute Gasteiger partial charge is 0.398 e. The molecule has 0 fully saturated rings. The molecule has 21 heavy (non-hydrogen) atoms. The maximum atomic E-state index is 5.99. The maximum Gasteiger partial charge on any atom is 0.214 e. The molecule has 0 saturated carbocycles. The van der Waals surface area contributed by atoms with Gasteiger partial charge in [-0.05, 0) is 46.3 Å². The summed E-state index contributed by atoms with van der Waals surface area (Å²) in [6.45, 7) is 0. The average molecular weight is 318 g/mol. The summed E-state index contributed by atoms with van der Waals surface area (Å²) < 4.78 is 1.70. The van der Waals surface area contributed by atoms with Crippen molar-refractivity contribution in [2.24, 2.45) is 0 Å². The number of para-hydroxylation sites is 1. The maximum absolute atomic E-state index is 5.99. The van der Waals surface area contributed by atoms with Crippen LogP contribution in [0.1, 0.15) is 5.56 Å². The van der Waals surface area contributed by atoms with Gasteiger partial charge < -0.3 is 5.73 Å². The Hall–Kier alpha value is -2.05. The highest BCUT2D eigenvalue weighted by atomic mass is 35.5. The van der Waals surface area contributed by atoms with E-state index >= 15 is 0 Å². The average Bonchev–Trinajstić information content (AvgIpc) is 2.97.